The highest BCUT2D eigenvalue weighted by Gasteiger charge is 2.28. The van der Waals surface area contributed by atoms with E-state index in [9.17, 15) is 9.59 Å². The summed E-state index contributed by atoms with van der Waals surface area (Å²) in [5, 5.41) is 3.54. The van der Waals surface area contributed by atoms with Crippen LogP contribution in [-0.2, 0) is 9.59 Å². The summed E-state index contributed by atoms with van der Waals surface area (Å²) < 4.78 is 1.06. The number of anilines is 1. The first-order chi connectivity index (χ1) is 10.7. The summed E-state index contributed by atoms with van der Waals surface area (Å²) in [5.74, 6) is -0.0543. The molecule has 1 saturated heterocycles. The molecule has 3 rings (SSSR count). The average molecular weight is 317 g/mol. The number of hydrogen-bond donors (Lipinski definition) is 1. The first-order valence-corrected chi connectivity index (χ1v) is 8.43. The number of piperidine rings is 1. The van der Waals surface area contributed by atoms with Gasteiger partial charge in [-0.2, -0.15) is 0 Å². The molecule has 1 aliphatic heterocycles. The van der Waals surface area contributed by atoms with E-state index in [1.807, 2.05) is 31.2 Å². The van der Waals surface area contributed by atoms with E-state index in [2.05, 4.69) is 10.3 Å². The van der Waals surface area contributed by atoms with E-state index < -0.39 is 0 Å². The van der Waals surface area contributed by atoms with Gasteiger partial charge in [-0.3, -0.25) is 9.59 Å². The van der Waals surface area contributed by atoms with Crippen LogP contribution in [0.5, 0.6) is 0 Å². The Labute approximate surface area is 133 Å². The standard InChI is InChI=1S/C16H19N3O2S/c1-2-14(20)19-9-5-6-11(10-19)15(21)18-16-17-12-7-3-4-8-13(12)22-16/h3-4,7-8,11H,2,5-6,9-10H2,1H3,(H,17,18,21). The Kier molecular flexibility index (Phi) is 4.38. The van der Waals surface area contributed by atoms with Gasteiger partial charge in [-0.15, -0.1) is 0 Å². The number of aromatic nitrogens is 1. The number of nitrogens with one attached hydrogen (secondary N) is 1. The number of fused-ring (bicyclic) bond motifs is 1. The van der Waals surface area contributed by atoms with Crippen LogP contribution in [0.3, 0.4) is 0 Å². The number of amides is 2. The maximum atomic E-state index is 12.4. The third-order valence-corrected chi connectivity index (χ3v) is 4.92. The summed E-state index contributed by atoms with van der Waals surface area (Å²) >= 11 is 1.48. The monoisotopic (exact) mass is 317 g/mol. The normalized spacial score (nSPS) is 18.4. The number of benzene rings is 1. The molecule has 1 aliphatic rings. The molecule has 2 heterocycles. The predicted octanol–water partition coefficient (Wildman–Crippen LogP) is 2.88. The number of thiazole rings is 1. The molecule has 0 saturated carbocycles. The molecule has 0 radical (unpaired) electrons. The number of para-hydroxylation sites is 1. The molecule has 1 N–H and O–H groups in total. The van der Waals surface area contributed by atoms with E-state index in [4.69, 9.17) is 0 Å². The van der Waals surface area contributed by atoms with Crippen LogP contribution in [0.25, 0.3) is 10.2 Å². The quantitative estimate of drug-likeness (QED) is 0.947. The molecule has 0 spiro atoms. The van der Waals surface area contributed by atoms with Crippen molar-refractivity contribution in [2.75, 3.05) is 18.4 Å². The number of carbonyl (C=O) groups excluding carboxylic acids is 2. The van der Waals surface area contributed by atoms with E-state index >= 15 is 0 Å². The number of rotatable bonds is 3. The molecule has 1 fully saturated rings. The van der Waals surface area contributed by atoms with Gasteiger partial charge in [-0.1, -0.05) is 30.4 Å². The minimum atomic E-state index is -0.142. The molecule has 0 bridgehead atoms. The summed E-state index contributed by atoms with van der Waals surface area (Å²) in [4.78, 5) is 30.4. The molecule has 0 aliphatic carbocycles. The Bertz CT molecular complexity index is 665. The Morgan fingerprint density at radius 3 is 3.00 bits per heavy atom. The fourth-order valence-corrected chi connectivity index (χ4v) is 3.64. The van der Waals surface area contributed by atoms with Gasteiger partial charge in [0.25, 0.3) is 0 Å². The Morgan fingerprint density at radius 1 is 1.41 bits per heavy atom. The number of likely N-dealkylation sites (tertiary alicyclic amines) is 1. The van der Waals surface area contributed by atoms with Crippen LogP contribution >= 0.6 is 11.3 Å². The summed E-state index contributed by atoms with van der Waals surface area (Å²) in [6.07, 6.45) is 2.19. The number of nitrogens with zero attached hydrogens (tertiary/aromatic N) is 2. The van der Waals surface area contributed by atoms with E-state index in [0.717, 1.165) is 29.6 Å². The van der Waals surface area contributed by atoms with Crippen molar-refractivity contribution < 1.29 is 9.59 Å². The maximum Gasteiger partial charge on any atom is 0.231 e. The van der Waals surface area contributed by atoms with Gasteiger partial charge in [0.2, 0.25) is 11.8 Å². The highest BCUT2D eigenvalue weighted by atomic mass is 32.1. The molecule has 6 heteroatoms. The van der Waals surface area contributed by atoms with Gasteiger partial charge in [0.1, 0.15) is 0 Å². The fraction of sp³-hybridized carbons (Fsp3) is 0.438. The van der Waals surface area contributed by atoms with Crippen LogP contribution in [0.4, 0.5) is 5.13 Å². The zero-order valence-corrected chi connectivity index (χ0v) is 13.4. The smallest absolute Gasteiger partial charge is 0.231 e. The van der Waals surface area contributed by atoms with Crippen LogP contribution in [0.2, 0.25) is 0 Å². The Morgan fingerprint density at radius 2 is 2.23 bits per heavy atom. The lowest BCUT2D eigenvalue weighted by molar-refractivity contribution is -0.134. The van der Waals surface area contributed by atoms with E-state index in [0.29, 0.717) is 18.1 Å². The molecule has 5 nitrogen and oxygen atoms in total. The van der Waals surface area contributed by atoms with Gasteiger partial charge < -0.3 is 10.2 Å². The summed E-state index contributed by atoms with van der Waals surface area (Å²) in [6, 6.07) is 7.82. The summed E-state index contributed by atoms with van der Waals surface area (Å²) in [5.41, 5.74) is 0.897. The van der Waals surface area contributed by atoms with E-state index in [1.165, 1.54) is 11.3 Å². The molecule has 2 aromatic rings. The van der Waals surface area contributed by atoms with Crippen molar-refractivity contribution in [1.29, 1.82) is 0 Å². The minimum Gasteiger partial charge on any atom is -0.342 e. The second-order valence-electron chi connectivity index (χ2n) is 5.51. The lowest BCUT2D eigenvalue weighted by Crippen LogP contribution is -2.43. The third kappa shape index (κ3) is 3.11. The van der Waals surface area contributed by atoms with Crippen molar-refractivity contribution >= 4 is 38.5 Å². The van der Waals surface area contributed by atoms with Crippen molar-refractivity contribution in [3.63, 3.8) is 0 Å². The lowest BCUT2D eigenvalue weighted by Gasteiger charge is -2.31. The van der Waals surface area contributed by atoms with Gasteiger partial charge in [-0.25, -0.2) is 4.98 Å². The summed E-state index contributed by atoms with van der Waals surface area (Å²) in [6.45, 7) is 3.13. The van der Waals surface area contributed by atoms with Crippen molar-refractivity contribution in [1.82, 2.24) is 9.88 Å². The van der Waals surface area contributed by atoms with Crippen LogP contribution in [-0.4, -0.2) is 34.8 Å². The Balaban J connectivity index is 1.67. The minimum absolute atomic E-state index is 0.0346. The van der Waals surface area contributed by atoms with Crippen molar-refractivity contribution in [2.24, 2.45) is 5.92 Å². The number of hydrogen-bond acceptors (Lipinski definition) is 4. The molecule has 1 atom stereocenters. The lowest BCUT2D eigenvalue weighted by atomic mass is 9.97. The zero-order valence-electron chi connectivity index (χ0n) is 12.5. The van der Waals surface area contributed by atoms with E-state index in [-0.39, 0.29) is 17.7 Å². The first-order valence-electron chi connectivity index (χ1n) is 7.61. The molecule has 1 unspecified atom stereocenters. The zero-order chi connectivity index (χ0) is 15.5. The van der Waals surface area contributed by atoms with Crippen LogP contribution in [0, 0.1) is 5.92 Å². The van der Waals surface area contributed by atoms with Gasteiger partial charge in [-0.05, 0) is 25.0 Å². The van der Waals surface area contributed by atoms with Crippen LogP contribution in [0.15, 0.2) is 24.3 Å². The molecular weight excluding hydrogens is 298 g/mol. The second kappa shape index (κ2) is 6.44. The number of carbonyl (C=O) groups is 2. The van der Waals surface area contributed by atoms with Gasteiger partial charge in [0, 0.05) is 19.5 Å². The highest BCUT2D eigenvalue weighted by Crippen LogP contribution is 2.26. The predicted molar refractivity (Wildman–Crippen MR) is 87.8 cm³/mol. The maximum absolute atomic E-state index is 12.4. The SMILES string of the molecule is CCC(=O)N1CCCC(C(=O)Nc2nc3ccccc3s2)C1. The fourth-order valence-electron chi connectivity index (χ4n) is 2.77. The molecule has 22 heavy (non-hydrogen) atoms. The molecule has 116 valence electrons. The van der Waals surface area contributed by atoms with Gasteiger partial charge in [0.05, 0.1) is 16.1 Å². The van der Waals surface area contributed by atoms with Crippen molar-refractivity contribution in [2.45, 2.75) is 26.2 Å². The van der Waals surface area contributed by atoms with Crippen molar-refractivity contribution in [3.8, 4) is 0 Å². The molecule has 1 aromatic carbocycles. The largest absolute Gasteiger partial charge is 0.342 e. The van der Waals surface area contributed by atoms with E-state index in [1.54, 1.807) is 4.90 Å². The first kappa shape index (κ1) is 15.0. The average Bonchev–Trinajstić information content (AvgIpc) is 2.96. The highest BCUT2D eigenvalue weighted by molar-refractivity contribution is 7.22. The van der Waals surface area contributed by atoms with Gasteiger partial charge in [0.15, 0.2) is 5.13 Å². The molecule has 1 aromatic heterocycles. The second-order valence-corrected chi connectivity index (χ2v) is 6.54. The van der Waals surface area contributed by atoms with Crippen LogP contribution < -0.4 is 5.32 Å². The Hall–Kier alpha value is -1.95. The molecule has 2 amide bonds. The topological polar surface area (TPSA) is 62.3 Å². The van der Waals surface area contributed by atoms with Gasteiger partial charge >= 0.3 is 0 Å². The third-order valence-electron chi connectivity index (χ3n) is 3.97. The molecular formula is C16H19N3O2S. The summed E-state index contributed by atoms with van der Waals surface area (Å²) in [7, 11) is 0. The van der Waals surface area contributed by atoms with Crippen LogP contribution in [0.1, 0.15) is 26.2 Å². The van der Waals surface area contributed by atoms with Crippen molar-refractivity contribution in [3.05, 3.63) is 24.3 Å².